The monoisotopic (exact) mass is 370 g/mol. The van der Waals surface area contributed by atoms with Gasteiger partial charge in [0.2, 0.25) is 5.43 Å². The van der Waals surface area contributed by atoms with E-state index in [1.807, 2.05) is 49.4 Å². The third kappa shape index (κ3) is 3.32. The fourth-order valence-corrected chi connectivity index (χ4v) is 3.21. The number of carbonyl (C=O) groups excluding carboxylic acids is 1. The maximum atomic E-state index is 13.4. The van der Waals surface area contributed by atoms with Crippen LogP contribution in [0.2, 0.25) is 0 Å². The van der Waals surface area contributed by atoms with E-state index in [0.29, 0.717) is 33.6 Å². The van der Waals surface area contributed by atoms with Crippen LogP contribution in [0.15, 0.2) is 82.0 Å². The van der Waals surface area contributed by atoms with E-state index in [1.165, 1.54) is 6.92 Å². The van der Waals surface area contributed by atoms with Crippen LogP contribution in [0, 0.1) is 6.92 Å². The van der Waals surface area contributed by atoms with Gasteiger partial charge in [0.25, 0.3) is 0 Å². The van der Waals surface area contributed by atoms with Crippen LogP contribution >= 0.6 is 0 Å². The molecule has 1 heterocycles. The third-order valence-electron chi connectivity index (χ3n) is 4.49. The van der Waals surface area contributed by atoms with Crippen molar-refractivity contribution in [3.8, 4) is 28.2 Å². The zero-order valence-electron chi connectivity index (χ0n) is 15.6. The van der Waals surface area contributed by atoms with Crippen molar-refractivity contribution in [1.29, 1.82) is 0 Å². The van der Waals surface area contributed by atoms with Crippen molar-refractivity contribution in [2.75, 3.05) is 0 Å². The smallest absolute Gasteiger partial charge is 0.308 e. The lowest BCUT2D eigenvalue weighted by Gasteiger charge is -2.11. The van der Waals surface area contributed by atoms with E-state index in [-0.39, 0.29) is 5.43 Å². The van der Waals surface area contributed by atoms with Crippen molar-refractivity contribution in [3.05, 3.63) is 88.6 Å². The maximum Gasteiger partial charge on any atom is 0.308 e. The summed E-state index contributed by atoms with van der Waals surface area (Å²) >= 11 is 0. The molecular formula is C24H18O4. The van der Waals surface area contributed by atoms with Gasteiger partial charge in [-0.05, 0) is 42.3 Å². The molecule has 0 aliphatic heterocycles. The summed E-state index contributed by atoms with van der Waals surface area (Å²) in [6.07, 6.45) is 0. The Kier molecular flexibility index (Phi) is 4.53. The standard InChI is InChI=1S/C24H18O4/c1-15-8-13-20-21(14-15)28-24(18-6-4-3-5-7-18)22(23(20)26)17-9-11-19(12-10-17)27-16(2)25/h3-14H,1-2H3. The molecule has 4 rings (SSSR count). The Morgan fingerprint density at radius 1 is 0.893 bits per heavy atom. The zero-order valence-corrected chi connectivity index (χ0v) is 15.6. The molecule has 0 atom stereocenters. The first kappa shape index (κ1) is 17.7. The summed E-state index contributed by atoms with van der Waals surface area (Å²) in [6, 6.07) is 22.0. The van der Waals surface area contributed by atoms with Crippen molar-refractivity contribution in [2.24, 2.45) is 0 Å². The number of rotatable bonds is 3. The van der Waals surface area contributed by atoms with Crippen LogP contribution in [0.4, 0.5) is 0 Å². The number of aryl methyl sites for hydroxylation is 1. The number of carbonyl (C=O) groups is 1. The predicted molar refractivity (Wildman–Crippen MR) is 109 cm³/mol. The van der Waals surface area contributed by atoms with Crippen molar-refractivity contribution < 1.29 is 13.9 Å². The lowest BCUT2D eigenvalue weighted by molar-refractivity contribution is -0.131. The Balaban J connectivity index is 1.98. The molecule has 0 N–H and O–H groups in total. The number of esters is 1. The zero-order chi connectivity index (χ0) is 19.7. The van der Waals surface area contributed by atoms with Crippen LogP contribution in [0.5, 0.6) is 5.75 Å². The molecule has 4 aromatic rings. The molecule has 28 heavy (non-hydrogen) atoms. The molecule has 138 valence electrons. The fourth-order valence-electron chi connectivity index (χ4n) is 3.21. The van der Waals surface area contributed by atoms with Crippen molar-refractivity contribution >= 4 is 16.9 Å². The number of ether oxygens (including phenoxy) is 1. The number of benzene rings is 3. The summed E-state index contributed by atoms with van der Waals surface area (Å²) in [5.74, 6) is 0.556. The first-order valence-electron chi connectivity index (χ1n) is 8.94. The quantitative estimate of drug-likeness (QED) is 0.360. The van der Waals surface area contributed by atoms with Crippen LogP contribution in [0.25, 0.3) is 33.4 Å². The van der Waals surface area contributed by atoms with Crippen molar-refractivity contribution in [3.63, 3.8) is 0 Å². The highest BCUT2D eigenvalue weighted by molar-refractivity contribution is 5.89. The lowest BCUT2D eigenvalue weighted by Crippen LogP contribution is -2.08. The van der Waals surface area contributed by atoms with Gasteiger partial charge >= 0.3 is 5.97 Å². The van der Waals surface area contributed by atoms with Gasteiger partial charge in [0, 0.05) is 12.5 Å². The highest BCUT2D eigenvalue weighted by Gasteiger charge is 2.18. The maximum absolute atomic E-state index is 13.4. The Labute approximate surface area is 162 Å². The first-order valence-corrected chi connectivity index (χ1v) is 8.94. The van der Waals surface area contributed by atoms with E-state index >= 15 is 0 Å². The largest absolute Gasteiger partial charge is 0.455 e. The van der Waals surface area contributed by atoms with E-state index in [4.69, 9.17) is 9.15 Å². The van der Waals surface area contributed by atoms with Crippen molar-refractivity contribution in [2.45, 2.75) is 13.8 Å². The molecule has 4 nitrogen and oxygen atoms in total. The third-order valence-corrected chi connectivity index (χ3v) is 4.49. The SMILES string of the molecule is CC(=O)Oc1ccc(-c2c(-c3ccccc3)oc3cc(C)ccc3c2=O)cc1. The lowest BCUT2D eigenvalue weighted by atomic mass is 9.98. The average molecular weight is 370 g/mol. The second-order valence-corrected chi connectivity index (χ2v) is 6.62. The van der Waals surface area contributed by atoms with Gasteiger partial charge in [-0.1, -0.05) is 48.5 Å². The van der Waals surface area contributed by atoms with Gasteiger partial charge in [0.05, 0.1) is 10.9 Å². The number of hydrogen-bond donors (Lipinski definition) is 0. The summed E-state index contributed by atoms with van der Waals surface area (Å²) in [7, 11) is 0. The normalized spacial score (nSPS) is 10.8. The molecule has 1 aromatic heterocycles. The van der Waals surface area contributed by atoms with E-state index in [1.54, 1.807) is 30.3 Å². The summed E-state index contributed by atoms with van der Waals surface area (Å²) < 4.78 is 11.3. The molecule has 0 radical (unpaired) electrons. The predicted octanol–water partition coefficient (Wildman–Crippen LogP) is 5.36. The second-order valence-electron chi connectivity index (χ2n) is 6.62. The first-order chi connectivity index (χ1) is 13.5. The second kappa shape index (κ2) is 7.16. The molecule has 0 amide bonds. The van der Waals surface area contributed by atoms with E-state index in [0.717, 1.165) is 11.1 Å². The molecule has 0 fully saturated rings. The molecule has 0 bridgehead atoms. The van der Waals surface area contributed by atoms with Gasteiger partial charge in [-0.25, -0.2) is 0 Å². The van der Waals surface area contributed by atoms with Gasteiger partial charge in [-0.3, -0.25) is 9.59 Å². The van der Waals surface area contributed by atoms with Gasteiger partial charge in [0.1, 0.15) is 17.1 Å². The topological polar surface area (TPSA) is 56.5 Å². The summed E-state index contributed by atoms with van der Waals surface area (Å²) in [4.78, 5) is 24.5. The van der Waals surface area contributed by atoms with E-state index in [9.17, 15) is 9.59 Å². The Morgan fingerprint density at radius 3 is 2.29 bits per heavy atom. The molecule has 0 saturated carbocycles. The highest BCUT2D eigenvalue weighted by atomic mass is 16.5. The summed E-state index contributed by atoms with van der Waals surface area (Å²) in [5.41, 5.74) is 3.49. The molecule has 4 heteroatoms. The molecule has 0 saturated heterocycles. The molecule has 0 aliphatic rings. The van der Waals surface area contributed by atoms with Crippen LogP contribution in [-0.4, -0.2) is 5.97 Å². The van der Waals surface area contributed by atoms with E-state index in [2.05, 4.69) is 0 Å². The summed E-state index contributed by atoms with van der Waals surface area (Å²) in [5, 5.41) is 0.532. The molecule has 0 aliphatic carbocycles. The number of fused-ring (bicyclic) bond motifs is 1. The molecule has 3 aromatic carbocycles. The Bertz CT molecular complexity index is 1220. The summed E-state index contributed by atoms with van der Waals surface area (Å²) in [6.45, 7) is 3.31. The van der Waals surface area contributed by atoms with Crippen LogP contribution < -0.4 is 10.2 Å². The fraction of sp³-hybridized carbons (Fsp3) is 0.0833. The van der Waals surface area contributed by atoms with Crippen LogP contribution in [0.3, 0.4) is 0 Å². The van der Waals surface area contributed by atoms with Gasteiger partial charge in [-0.2, -0.15) is 0 Å². The van der Waals surface area contributed by atoms with Gasteiger partial charge < -0.3 is 9.15 Å². The van der Waals surface area contributed by atoms with Crippen molar-refractivity contribution in [1.82, 2.24) is 0 Å². The minimum absolute atomic E-state index is 0.0969. The van der Waals surface area contributed by atoms with Crippen LogP contribution in [0.1, 0.15) is 12.5 Å². The average Bonchev–Trinajstić information content (AvgIpc) is 2.69. The minimum Gasteiger partial charge on any atom is -0.455 e. The Morgan fingerprint density at radius 2 is 1.61 bits per heavy atom. The van der Waals surface area contributed by atoms with Gasteiger partial charge in [-0.15, -0.1) is 0 Å². The molecule has 0 unspecified atom stereocenters. The van der Waals surface area contributed by atoms with Gasteiger partial charge in [0.15, 0.2) is 0 Å². The molecule has 0 spiro atoms. The Hall–Kier alpha value is -3.66. The molecular weight excluding hydrogens is 352 g/mol. The van der Waals surface area contributed by atoms with Crippen LogP contribution in [-0.2, 0) is 4.79 Å². The number of hydrogen-bond acceptors (Lipinski definition) is 4. The highest BCUT2D eigenvalue weighted by Crippen LogP contribution is 2.33. The minimum atomic E-state index is -0.390. The van der Waals surface area contributed by atoms with E-state index < -0.39 is 5.97 Å².